The summed E-state index contributed by atoms with van der Waals surface area (Å²) >= 11 is 1.79. The van der Waals surface area contributed by atoms with Crippen LogP contribution in [0.1, 0.15) is 83.1 Å². The molecule has 3 rings (SSSR count). The topological polar surface area (TPSA) is 125 Å². The smallest absolute Gasteiger partial charge is 0.353 e. The summed E-state index contributed by atoms with van der Waals surface area (Å²) in [5.74, 6) is -7.23. The molecule has 0 bridgehead atoms. The zero-order valence-electron chi connectivity index (χ0n) is 26.0. The van der Waals surface area contributed by atoms with E-state index in [1.165, 1.54) is 6.33 Å². The summed E-state index contributed by atoms with van der Waals surface area (Å²) < 4.78 is 91.9. The number of benzene rings is 1. The van der Waals surface area contributed by atoms with Crippen LogP contribution in [0.3, 0.4) is 0 Å². The number of imidazole rings is 1. The Morgan fingerprint density at radius 3 is 2.07 bits per heavy atom. The van der Waals surface area contributed by atoms with Crippen LogP contribution in [0.25, 0.3) is 11.2 Å². The first-order valence-electron chi connectivity index (χ1n) is 15.6. The number of thioether (sulfide) groups is 1. The third-order valence-corrected chi connectivity index (χ3v) is 9.61. The molecule has 1 unspecified atom stereocenters. The molecule has 258 valence electrons. The molecular weight excluding hydrogens is 652 g/mol. The van der Waals surface area contributed by atoms with Crippen molar-refractivity contribution in [3.8, 4) is 0 Å². The van der Waals surface area contributed by atoms with Gasteiger partial charge in [-0.05, 0) is 44.1 Å². The van der Waals surface area contributed by atoms with E-state index in [4.69, 9.17) is 15.0 Å². The van der Waals surface area contributed by atoms with Crippen molar-refractivity contribution in [1.29, 1.82) is 0 Å². The fourth-order valence-electron chi connectivity index (χ4n) is 4.88. The van der Waals surface area contributed by atoms with Crippen molar-refractivity contribution in [2.45, 2.75) is 96.6 Å². The lowest BCUT2D eigenvalue weighted by atomic mass is 10.0. The quantitative estimate of drug-likeness (QED) is 0.0334. The van der Waals surface area contributed by atoms with Crippen LogP contribution in [0.4, 0.5) is 27.8 Å². The molecule has 0 saturated heterocycles. The van der Waals surface area contributed by atoms with E-state index in [1.807, 2.05) is 0 Å². The summed E-state index contributed by atoms with van der Waals surface area (Å²) in [5, 5.41) is 0. The van der Waals surface area contributed by atoms with E-state index in [-0.39, 0.29) is 24.9 Å². The minimum atomic E-state index is -3.87. The van der Waals surface area contributed by atoms with E-state index < -0.39 is 48.6 Å². The SMILES string of the molecule is C[C@H](Cn1cnc2c(N)ncnc21)OCP(=O)(O)OCCCSCCCCCCCCCCCCc1c(F)c(F)c(F)c(F)c1F. The van der Waals surface area contributed by atoms with Gasteiger partial charge < -0.3 is 24.5 Å². The molecular formula is C30H43F5N5O4PS. The predicted molar refractivity (Wildman–Crippen MR) is 169 cm³/mol. The third-order valence-electron chi connectivity index (χ3n) is 7.40. The van der Waals surface area contributed by atoms with Gasteiger partial charge in [0.05, 0.1) is 25.6 Å². The molecule has 0 aliphatic carbocycles. The van der Waals surface area contributed by atoms with Crippen molar-refractivity contribution in [1.82, 2.24) is 19.5 Å². The maximum atomic E-state index is 13.7. The highest BCUT2D eigenvalue weighted by atomic mass is 32.2. The first-order chi connectivity index (χ1) is 22.0. The summed E-state index contributed by atoms with van der Waals surface area (Å²) in [4.78, 5) is 22.4. The van der Waals surface area contributed by atoms with Crippen molar-refractivity contribution in [2.75, 3.05) is 30.2 Å². The molecule has 3 aromatic rings. The Kier molecular flexibility index (Phi) is 16.2. The summed E-state index contributed by atoms with van der Waals surface area (Å²) in [7, 11) is -3.87. The highest BCUT2D eigenvalue weighted by Gasteiger charge is 2.25. The van der Waals surface area contributed by atoms with Crippen LogP contribution in [-0.2, 0) is 26.8 Å². The van der Waals surface area contributed by atoms with Crippen LogP contribution < -0.4 is 5.73 Å². The van der Waals surface area contributed by atoms with Gasteiger partial charge in [-0.3, -0.25) is 4.57 Å². The molecule has 3 N–H and O–H groups in total. The van der Waals surface area contributed by atoms with Crippen LogP contribution in [0.2, 0.25) is 0 Å². The maximum Gasteiger partial charge on any atom is 0.353 e. The summed E-state index contributed by atoms with van der Waals surface area (Å²) in [6.07, 6.45) is 12.1. The molecule has 16 heteroatoms. The second-order valence-electron chi connectivity index (χ2n) is 11.2. The zero-order valence-corrected chi connectivity index (χ0v) is 27.7. The van der Waals surface area contributed by atoms with Gasteiger partial charge in [-0.15, -0.1) is 0 Å². The number of unbranched alkanes of at least 4 members (excludes halogenated alkanes) is 9. The van der Waals surface area contributed by atoms with Crippen LogP contribution >= 0.6 is 19.4 Å². The van der Waals surface area contributed by atoms with Crippen LogP contribution in [0.5, 0.6) is 0 Å². The zero-order chi connectivity index (χ0) is 33.5. The van der Waals surface area contributed by atoms with Crippen molar-refractivity contribution >= 4 is 36.3 Å². The summed E-state index contributed by atoms with van der Waals surface area (Å²) in [6, 6.07) is 0. The molecule has 0 spiro atoms. The first kappa shape index (κ1) is 38.1. The normalized spacial score (nSPS) is 13.8. The van der Waals surface area contributed by atoms with E-state index in [0.717, 1.165) is 62.9 Å². The number of anilines is 1. The van der Waals surface area contributed by atoms with Gasteiger partial charge in [-0.2, -0.15) is 11.8 Å². The lowest BCUT2D eigenvalue weighted by Crippen LogP contribution is -2.17. The summed E-state index contributed by atoms with van der Waals surface area (Å²) in [6.45, 7) is 2.33. The lowest BCUT2D eigenvalue weighted by Gasteiger charge is -2.17. The van der Waals surface area contributed by atoms with E-state index in [2.05, 4.69) is 15.0 Å². The molecule has 0 fully saturated rings. The highest BCUT2D eigenvalue weighted by Crippen LogP contribution is 2.42. The van der Waals surface area contributed by atoms with Gasteiger partial charge in [0.1, 0.15) is 18.2 Å². The minimum Gasteiger partial charge on any atom is -0.382 e. The largest absolute Gasteiger partial charge is 0.382 e. The van der Waals surface area contributed by atoms with E-state index >= 15 is 0 Å². The second-order valence-corrected chi connectivity index (χ2v) is 14.2. The Balaban J connectivity index is 1.10. The molecule has 0 amide bonds. The number of rotatable bonds is 23. The van der Waals surface area contributed by atoms with Crippen molar-refractivity contribution in [2.24, 2.45) is 0 Å². The summed E-state index contributed by atoms with van der Waals surface area (Å²) in [5.41, 5.74) is 6.12. The number of aromatic nitrogens is 4. The van der Waals surface area contributed by atoms with E-state index in [1.54, 1.807) is 29.6 Å². The molecule has 46 heavy (non-hydrogen) atoms. The molecule has 0 aliphatic heterocycles. The monoisotopic (exact) mass is 695 g/mol. The van der Waals surface area contributed by atoms with E-state index in [9.17, 15) is 31.4 Å². The Hall–Kier alpha value is -2.32. The number of nitrogen functional groups attached to an aromatic ring is 1. The average Bonchev–Trinajstić information content (AvgIpc) is 3.44. The number of hydrogen-bond donors (Lipinski definition) is 2. The third kappa shape index (κ3) is 12.0. The first-order valence-corrected chi connectivity index (χ1v) is 18.5. The molecule has 2 aromatic heterocycles. The molecule has 1 aromatic carbocycles. The Bertz CT molecular complexity index is 1410. The molecule has 0 radical (unpaired) electrons. The van der Waals surface area contributed by atoms with Crippen molar-refractivity contribution < 1.29 is 40.7 Å². The van der Waals surface area contributed by atoms with Gasteiger partial charge in [-0.25, -0.2) is 36.9 Å². The van der Waals surface area contributed by atoms with E-state index in [0.29, 0.717) is 37.0 Å². The van der Waals surface area contributed by atoms with Gasteiger partial charge in [0.25, 0.3) is 0 Å². The Morgan fingerprint density at radius 1 is 0.848 bits per heavy atom. The highest BCUT2D eigenvalue weighted by molar-refractivity contribution is 7.99. The number of halogens is 5. The second kappa shape index (κ2) is 19.5. The molecule has 0 aliphatic rings. The molecule has 2 heterocycles. The fourth-order valence-corrected chi connectivity index (χ4v) is 6.75. The van der Waals surface area contributed by atoms with Gasteiger partial charge in [0, 0.05) is 5.56 Å². The number of nitrogens with two attached hydrogens (primary N) is 1. The number of hydrogen-bond acceptors (Lipinski definition) is 8. The standard InChI is InChI=1S/C30H43F5N5O4PS/c1-21(17-40-19-39-28-29(36)37-18-38-30(28)40)43-20-45(41,42)44-14-12-16-46-15-11-9-7-5-3-2-4-6-8-10-13-22-23(31)25(33)27(35)26(34)24(22)32/h18-19,21H,2-17,20H2,1H3,(H,41,42)(H2,36,37,38)/t21-/m1/s1. The minimum absolute atomic E-state index is 0.173. The number of nitrogens with zero attached hydrogens (tertiary/aromatic N) is 4. The molecule has 9 nitrogen and oxygen atoms in total. The molecule has 0 saturated carbocycles. The number of fused-ring (bicyclic) bond motifs is 1. The van der Waals surface area contributed by atoms with Crippen LogP contribution in [0, 0.1) is 29.1 Å². The van der Waals surface area contributed by atoms with Crippen molar-refractivity contribution in [3.63, 3.8) is 0 Å². The predicted octanol–water partition coefficient (Wildman–Crippen LogP) is 7.94. The van der Waals surface area contributed by atoms with Gasteiger partial charge in [0.2, 0.25) is 5.82 Å². The van der Waals surface area contributed by atoms with Crippen LogP contribution in [0.15, 0.2) is 12.7 Å². The maximum absolute atomic E-state index is 13.7. The van der Waals surface area contributed by atoms with Crippen LogP contribution in [-0.4, -0.2) is 55.0 Å². The number of ether oxygens (including phenoxy) is 1. The van der Waals surface area contributed by atoms with Gasteiger partial charge in [0.15, 0.2) is 34.7 Å². The lowest BCUT2D eigenvalue weighted by molar-refractivity contribution is 0.0718. The Morgan fingerprint density at radius 2 is 1.41 bits per heavy atom. The van der Waals surface area contributed by atoms with Gasteiger partial charge >= 0.3 is 7.60 Å². The Labute approximate surface area is 270 Å². The van der Waals surface area contributed by atoms with Gasteiger partial charge in [-0.1, -0.05) is 51.4 Å². The molecule has 2 atom stereocenters. The van der Waals surface area contributed by atoms with Crippen molar-refractivity contribution in [3.05, 3.63) is 47.3 Å². The fraction of sp³-hybridized carbons (Fsp3) is 0.633. The average molecular weight is 696 g/mol.